The second kappa shape index (κ2) is 8.91. The minimum absolute atomic E-state index is 0.233. The van der Waals surface area contributed by atoms with Crippen molar-refractivity contribution in [3.05, 3.63) is 65.8 Å². The molecule has 0 aliphatic carbocycles. The quantitative estimate of drug-likeness (QED) is 0.333. The van der Waals surface area contributed by atoms with Crippen LogP contribution in [-0.2, 0) is 4.79 Å². The van der Waals surface area contributed by atoms with E-state index >= 15 is 0 Å². The van der Waals surface area contributed by atoms with Gasteiger partial charge in [-0.15, -0.1) is 0 Å². The first-order valence-corrected chi connectivity index (χ1v) is 10.5. The molecule has 0 spiro atoms. The van der Waals surface area contributed by atoms with Crippen LogP contribution in [0.1, 0.15) is 6.92 Å². The highest BCUT2D eigenvalue weighted by molar-refractivity contribution is 8.00. The van der Waals surface area contributed by atoms with Gasteiger partial charge in [0, 0.05) is 5.02 Å². The molecule has 2 aromatic carbocycles. The molecule has 0 radical (unpaired) electrons. The fourth-order valence-electron chi connectivity index (χ4n) is 2.92. The minimum atomic E-state index is -0.476. The van der Waals surface area contributed by atoms with Gasteiger partial charge in [-0.05, 0) is 49.4 Å². The van der Waals surface area contributed by atoms with Gasteiger partial charge < -0.3 is 10.1 Å². The molecule has 31 heavy (non-hydrogen) atoms. The van der Waals surface area contributed by atoms with E-state index in [2.05, 4.69) is 20.4 Å². The second-order valence-corrected chi connectivity index (χ2v) is 8.31. The summed E-state index contributed by atoms with van der Waals surface area (Å²) >= 11 is 7.31. The summed E-state index contributed by atoms with van der Waals surface area (Å²) in [5, 5.41) is 8.51. The Balaban J connectivity index is 1.56. The van der Waals surface area contributed by atoms with Crippen LogP contribution < -0.4 is 10.1 Å². The molecular weight excluding hydrogens is 441 g/mol. The van der Waals surface area contributed by atoms with Gasteiger partial charge in [0.2, 0.25) is 5.91 Å². The zero-order chi connectivity index (χ0) is 22.0. The van der Waals surface area contributed by atoms with Gasteiger partial charge in [0.1, 0.15) is 22.9 Å². The molecule has 1 unspecified atom stereocenters. The lowest BCUT2D eigenvalue weighted by atomic mass is 10.3. The summed E-state index contributed by atoms with van der Waals surface area (Å²) in [5.74, 6) is -0.0505. The molecule has 0 fully saturated rings. The van der Waals surface area contributed by atoms with Crippen LogP contribution in [0.3, 0.4) is 0 Å². The molecule has 4 rings (SSSR count). The number of hydrogen-bond donors (Lipinski definition) is 1. The maximum atomic E-state index is 13.2. The molecule has 10 heteroatoms. The van der Waals surface area contributed by atoms with Crippen molar-refractivity contribution in [2.45, 2.75) is 17.2 Å². The average Bonchev–Trinajstić information content (AvgIpc) is 3.19. The van der Waals surface area contributed by atoms with Crippen LogP contribution in [0.2, 0.25) is 5.02 Å². The van der Waals surface area contributed by atoms with Crippen LogP contribution in [0.15, 0.2) is 60.0 Å². The molecule has 7 nitrogen and oxygen atoms in total. The van der Waals surface area contributed by atoms with Crippen molar-refractivity contribution >= 4 is 46.0 Å². The van der Waals surface area contributed by atoms with E-state index in [1.807, 2.05) is 0 Å². The Bertz CT molecular complexity index is 1250. The van der Waals surface area contributed by atoms with Crippen LogP contribution in [0, 0.1) is 5.82 Å². The first-order valence-electron chi connectivity index (χ1n) is 9.22. The van der Waals surface area contributed by atoms with E-state index in [4.69, 9.17) is 16.3 Å². The number of thioether (sulfide) groups is 1. The third-order valence-electron chi connectivity index (χ3n) is 4.48. The summed E-state index contributed by atoms with van der Waals surface area (Å²) in [6.45, 7) is 1.77. The van der Waals surface area contributed by atoms with Crippen molar-refractivity contribution in [3.8, 4) is 11.4 Å². The van der Waals surface area contributed by atoms with Crippen LogP contribution in [0.5, 0.6) is 5.75 Å². The van der Waals surface area contributed by atoms with Crippen molar-refractivity contribution in [1.29, 1.82) is 0 Å². The van der Waals surface area contributed by atoms with Crippen molar-refractivity contribution in [1.82, 2.24) is 19.7 Å². The zero-order valence-electron chi connectivity index (χ0n) is 16.5. The summed E-state index contributed by atoms with van der Waals surface area (Å²) in [6, 6.07) is 11.0. The minimum Gasteiger partial charge on any atom is -0.495 e. The number of halogens is 2. The van der Waals surface area contributed by atoms with E-state index < -0.39 is 5.25 Å². The normalized spacial score (nSPS) is 12.0. The second-order valence-electron chi connectivity index (χ2n) is 6.54. The van der Waals surface area contributed by atoms with Crippen LogP contribution >= 0.6 is 23.4 Å². The van der Waals surface area contributed by atoms with Crippen molar-refractivity contribution in [3.63, 3.8) is 0 Å². The third-order valence-corrected chi connectivity index (χ3v) is 5.83. The third kappa shape index (κ3) is 4.47. The van der Waals surface area contributed by atoms with Crippen LogP contribution in [0.4, 0.5) is 10.1 Å². The Hall–Kier alpha value is -3.17. The number of nitrogens with zero attached hydrogens (tertiary/aromatic N) is 4. The average molecular weight is 458 g/mol. The number of ether oxygens (including phenoxy) is 1. The van der Waals surface area contributed by atoms with Gasteiger partial charge in [-0.25, -0.2) is 19.0 Å². The number of anilines is 1. The van der Waals surface area contributed by atoms with Gasteiger partial charge in [-0.3, -0.25) is 4.79 Å². The first-order chi connectivity index (χ1) is 15.0. The molecule has 2 aromatic heterocycles. The number of rotatable bonds is 6. The lowest BCUT2D eigenvalue weighted by molar-refractivity contribution is -0.115. The van der Waals surface area contributed by atoms with Crippen molar-refractivity contribution in [2.24, 2.45) is 0 Å². The monoisotopic (exact) mass is 457 g/mol. The molecule has 0 aliphatic rings. The maximum Gasteiger partial charge on any atom is 0.237 e. The predicted molar refractivity (Wildman–Crippen MR) is 119 cm³/mol. The summed E-state index contributed by atoms with van der Waals surface area (Å²) < 4.78 is 20.1. The first kappa shape index (κ1) is 21.1. The zero-order valence-corrected chi connectivity index (χ0v) is 18.1. The molecule has 2 heterocycles. The van der Waals surface area contributed by atoms with Gasteiger partial charge in [-0.1, -0.05) is 23.4 Å². The topological polar surface area (TPSA) is 81.9 Å². The Morgan fingerprint density at radius 2 is 2.00 bits per heavy atom. The molecule has 1 amide bonds. The van der Waals surface area contributed by atoms with E-state index in [-0.39, 0.29) is 11.7 Å². The number of benzene rings is 2. The molecular formula is C21H17ClFN5O2S. The number of carbonyl (C=O) groups excluding carboxylic acids is 1. The standard InChI is InChI=1S/C21H17ClFN5O2S/c1-12(20(29)27-17-9-13(22)3-8-18(17)30-2)31-21-16-10-26-28(19(16)24-11-25-21)15-6-4-14(23)5-7-15/h3-12H,1-2H3,(H,27,29). The molecule has 0 bridgehead atoms. The lowest BCUT2D eigenvalue weighted by Crippen LogP contribution is -2.22. The SMILES string of the molecule is COc1ccc(Cl)cc1NC(=O)C(C)Sc1ncnc2c1cnn2-c1ccc(F)cc1. The van der Waals surface area contributed by atoms with Crippen LogP contribution in [0.25, 0.3) is 16.7 Å². The summed E-state index contributed by atoms with van der Waals surface area (Å²) in [6.07, 6.45) is 3.04. The number of hydrogen-bond acceptors (Lipinski definition) is 6. The fourth-order valence-corrected chi connectivity index (χ4v) is 3.97. The van der Waals surface area contributed by atoms with E-state index in [1.54, 1.807) is 48.1 Å². The Labute approximate surface area is 186 Å². The van der Waals surface area contributed by atoms with E-state index in [0.29, 0.717) is 38.2 Å². The van der Waals surface area contributed by atoms with Gasteiger partial charge in [0.05, 0.1) is 35.3 Å². The largest absolute Gasteiger partial charge is 0.495 e. The molecule has 1 N–H and O–H groups in total. The highest BCUT2D eigenvalue weighted by Crippen LogP contribution is 2.31. The summed E-state index contributed by atoms with van der Waals surface area (Å²) in [5.41, 5.74) is 1.72. The van der Waals surface area contributed by atoms with Crippen molar-refractivity contribution < 1.29 is 13.9 Å². The molecule has 158 valence electrons. The number of carbonyl (C=O) groups is 1. The Morgan fingerprint density at radius 1 is 1.23 bits per heavy atom. The highest BCUT2D eigenvalue weighted by Gasteiger charge is 2.20. The molecule has 0 aliphatic heterocycles. The number of amides is 1. The predicted octanol–water partition coefficient (Wildman–Crippen LogP) is 4.74. The Kier molecular flexibility index (Phi) is 6.06. The molecule has 1 atom stereocenters. The van der Waals surface area contributed by atoms with E-state index in [1.165, 1.54) is 37.3 Å². The lowest BCUT2D eigenvalue weighted by Gasteiger charge is -2.14. The maximum absolute atomic E-state index is 13.2. The molecule has 0 saturated heterocycles. The fraction of sp³-hybridized carbons (Fsp3) is 0.143. The van der Waals surface area contributed by atoms with Crippen LogP contribution in [-0.4, -0.2) is 38.0 Å². The number of nitrogens with one attached hydrogen (secondary N) is 1. The number of methoxy groups -OCH3 is 1. The molecule has 0 saturated carbocycles. The summed E-state index contributed by atoms with van der Waals surface area (Å²) in [4.78, 5) is 21.4. The highest BCUT2D eigenvalue weighted by atomic mass is 35.5. The van der Waals surface area contributed by atoms with E-state index in [0.717, 1.165) is 0 Å². The van der Waals surface area contributed by atoms with Gasteiger partial charge in [-0.2, -0.15) is 5.10 Å². The van der Waals surface area contributed by atoms with Gasteiger partial charge in [0.15, 0.2) is 5.65 Å². The Morgan fingerprint density at radius 3 is 2.74 bits per heavy atom. The van der Waals surface area contributed by atoms with Gasteiger partial charge in [0.25, 0.3) is 0 Å². The van der Waals surface area contributed by atoms with Gasteiger partial charge >= 0.3 is 0 Å². The smallest absolute Gasteiger partial charge is 0.237 e. The number of fused-ring (bicyclic) bond motifs is 1. The van der Waals surface area contributed by atoms with Crippen molar-refractivity contribution in [2.75, 3.05) is 12.4 Å². The molecule has 4 aromatic rings. The van der Waals surface area contributed by atoms with E-state index in [9.17, 15) is 9.18 Å². The summed E-state index contributed by atoms with van der Waals surface area (Å²) in [7, 11) is 1.52. The number of aromatic nitrogens is 4.